The highest BCUT2D eigenvalue weighted by atomic mass is 35.5. The minimum Gasteiger partial charge on any atom is -0.504 e. The molecular formula is C20H21ClN2O8S3. The van der Waals surface area contributed by atoms with Crippen LogP contribution in [0.5, 0.6) is 17.2 Å². The van der Waals surface area contributed by atoms with Crippen molar-refractivity contribution < 1.29 is 39.2 Å². The smallest absolute Gasteiger partial charge is 0.272 e. The molecule has 0 unspecified atom stereocenters. The third kappa shape index (κ3) is 3.32. The third-order valence-corrected chi connectivity index (χ3v) is 11.8. The van der Waals surface area contributed by atoms with E-state index in [1.807, 2.05) is 0 Å². The number of nitrogens with one attached hydrogen (secondary N) is 1. The Morgan fingerprint density at radius 2 is 2.03 bits per heavy atom. The maximum atomic E-state index is 13.7. The van der Waals surface area contributed by atoms with Crippen molar-refractivity contribution in [3.63, 3.8) is 0 Å². The van der Waals surface area contributed by atoms with E-state index in [-0.39, 0.29) is 17.9 Å². The number of methoxy groups -OCH3 is 2. The summed E-state index contributed by atoms with van der Waals surface area (Å²) >= 11 is 6.36. The number of carbonyl (C=O) groups excluding carboxylic acids is 2. The fraction of sp³-hybridized carbons (Fsp3) is 0.500. The maximum absolute atomic E-state index is 13.7. The number of hydroxylamine groups is 2. The number of nitrogens with zero attached hydrogens (tertiary/aromatic N) is 1. The van der Waals surface area contributed by atoms with E-state index < -0.39 is 51.2 Å². The summed E-state index contributed by atoms with van der Waals surface area (Å²) in [5.41, 5.74) is -1.42. The van der Waals surface area contributed by atoms with Crippen LogP contribution in [0.15, 0.2) is 24.3 Å². The van der Waals surface area contributed by atoms with Gasteiger partial charge in [0, 0.05) is 12.0 Å². The lowest BCUT2D eigenvalue weighted by Gasteiger charge is -2.58. The van der Waals surface area contributed by atoms with Crippen molar-refractivity contribution in [3.05, 3.63) is 29.8 Å². The summed E-state index contributed by atoms with van der Waals surface area (Å²) in [6.07, 6.45) is 0.137. The first-order valence-electron chi connectivity index (χ1n) is 10.2. The summed E-state index contributed by atoms with van der Waals surface area (Å²) in [4.78, 5) is 31.4. The van der Waals surface area contributed by atoms with Gasteiger partial charge in [0.05, 0.1) is 24.8 Å². The minimum absolute atomic E-state index is 0.105. The van der Waals surface area contributed by atoms with Gasteiger partial charge in [-0.1, -0.05) is 29.0 Å². The molecule has 4 saturated heterocycles. The quantitative estimate of drug-likeness (QED) is 0.248. The molecule has 4 N–H and O–H groups in total. The Bertz CT molecular complexity index is 1080. The van der Waals surface area contributed by atoms with Crippen molar-refractivity contribution in [1.82, 2.24) is 10.4 Å². The number of halogens is 1. The molecule has 7 atom stereocenters. The lowest BCUT2D eigenvalue weighted by molar-refractivity contribution is -0.313. The standard InChI is InChI=1S/C20H21ClN2O8S3/c1-29-10-5-3-8(13(25)14(10)30-2)15-12-17(26)23-20(18(27)22-12,33-34-32-15)7-19(28)11(21)6-4-9(24)16(19)31-23/h3-6,9,11-12,15-16,24-25,28H,7H2,1-2H3,(H,22,27)/t9-,11-,12-,15-,16+,19+,20-/m1/s1. The first kappa shape index (κ1) is 24.2. The molecule has 5 aliphatic rings. The van der Waals surface area contributed by atoms with Crippen LogP contribution in [-0.2, 0) is 14.4 Å². The number of phenols is 1. The summed E-state index contributed by atoms with van der Waals surface area (Å²) in [5.74, 6) is -0.910. The van der Waals surface area contributed by atoms with E-state index >= 15 is 0 Å². The number of carbonyl (C=O) groups is 2. The van der Waals surface area contributed by atoms with Gasteiger partial charge in [-0.3, -0.25) is 14.4 Å². The molecule has 0 saturated carbocycles. The Balaban J connectivity index is 1.56. The average molecular weight is 549 g/mol. The van der Waals surface area contributed by atoms with E-state index in [4.69, 9.17) is 25.9 Å². The van der Waals surface area contributed by atoms with Gasteiger partial charge in [0.2, 0.25) is 10.6 Å². The van der Waals surface area contributed by atoms with Gasteiger partial charge in [-0.05, 0) is 26.7 Å². The van der Waals surface area contributed by atoms with E-state index in [1.54, 1.807) is 12.1 Å². The topological polar surface area (TPSA) is 138 Å². The molecular weight excluding hydrogens is 528 g/mol. The van der Waals surface area contributed by atoms with Gasteiger partial charge in [0.15, 0.2) is 11.5 Å². The van der Waals surface area contributed by atoms with Gasteiger partial charge >= 0.3 is 0 Å². The van der Waals surface area contributed by atoms with Crippen molar-refractivity contribution in [2.24, 2.45) is 0 Å². The summed E-state index contributed by atoms with van der Waals surface area (Å²) in [6.45, 7) is 0. The van der Waals surface area contributed by atoms with Gasteiger partial charge in [0.25, 0.3) is 11.8 Å². The van der Waals surface area contributed by atoms with Crippen LogP contribution in [0, 0.1) is 0 Å². The van der Waals surface area contributed by atoms with Crippen LogP contribution >= 0.6 is 43.0 Å². The number of alkyl halides is 1. The number of amides is 2. The molecule has 2 bridgehead atoms. The van der Waals surface area contributed by atoms with E-state index in [0.29, 0.717) is 11.3 Å². The zero-order valence-electron chi connectivity index (χ0n) is 17.8. The number of aromatic hydroxyl groups is 1. The van der Waals surface area contributed by atoms with E-state index in [1.165, 1.54) is 47.0 Å². The number of piperazine rings is 1. The number of hydrogen-bond donors (Lipinski definition) is 4. The predicted octanol–water partition coefficient (Wildman–Crippen LogP) is 1.49. The zero-order valence-corrected chi connectivity index (χ0v) is 21.0. The number of aliphatic hydroxyl groups is 2. The van der Waals surface area contributed by atoms with Crippen LogP contribution in [0.2, 0.25) is 0 Å². The molecule has 1 aliphatic carbocycles. The van der Waals surface area contributed by atoms with Crippen LogP contribution < -0.4 is 14.8 Å². The Hall–Kier alpha value is -1.48. The molecule has 14 heteroatoms. The summed E-state index contributed by atoms with van der Waals surface area (Å²) in [5, 5.41) is 34.8. The van der Waals surface area contributed by atoms with Crippen molar-refractivity contribution >= 4 is 54.8 Å². The lowest BCUT2D eigenvalue weighted by Crippen LogP contribution is -2.78. The number of fused-ring (bicyclic) bond motifs is 5. The highest BCUT2D eigenvalue weighted by Crippen LogP contribution is 2.62. The van der Waals surface area contributed by atoms with Gasteiger partial charge in [-0.15, -0.1) is 11.6 Å². The van der Waals surface area contributed by atoms with E-state index in [0.717, 1.165) is 15.9 Å². The normalized spacial score (nSPS) is 39.0. The van der Waals surface area contributed by atoms with Gasteiger partial charge in [-0.2, -0.15) is 5.06 Å². The number of rotatable bonds is 3. The largest absolute Gasteiger partial charge is 0.504 e. The molecule has 1 aromatic rings. The fourth-order valence-corrected chi connectivity index (χ4v) is 10.5. The first-order chi connectivity index (χ1) is 16.2. The molecule has 1 spiro atoms. The van der Waals surface area contributed by atoms with Crippen LogP contribution in [0.4, 0.5) is 0 Å². The Morgan fingerprint density at radius 1 is 1.26 bits per heavy atom. The number of aliphatic hydroxyl groups excluding tert-OH is 1. The number of hydrogen-bond acceptors (Lipinski definition) is 11. The molecule has 0 aromatic heterocycles. The summed E-state index contributed by atoms with van der Waals surface area (Å²) < 4.78 is 10.5. The number of benzene rings is 1. The molecule has 10 nitrogen and oxygen atoms in total. The number of ether oxygens (including phenoxy) is 2. The second kappa shape index (κ2) is 8.57. The molecule has 4 fully saturated rings. The fourth-order valence-electron chi connectivity index (χ4n) is 4.65. The van der Waals surface area contributed by atoms with Crippen LogP contribution in [0.25, 0.3) is 0 Å². The minimum atomic E-state index is -1.78. The van der Waals surface area contributed by atoms with Crippen molar-refractivity contribution in [2.45, 2.75) is 45.8 Å². The lowest BCUT2D eigenvalue weighted by atomic mass is 9.77. The number of phenolic OH excluding ortho intramolecular Hbond substituents is 1. The SMILES string of the molecule is COc1ccc([C@H]2SSS[C@@]34C[C@]5(O)[C@H](Cl)C=C[C@@H](O)[C@@H]5ON3C(=O)[C@@H]2NC4=O)c(O)c1OC. The molecule has 34 heavy (non-hydrogen) atoms. The second-order valence-electron chi connectivity index (χ2n) is 8.25. The van der Waals surface area contributed by atoms with Crippen molar-refractivity contribution in [2.75, 3.05) is 14.2 Å². The first-order valence-corrected chi connectivity index (χ1v) is 14.2. The molecule has 1 aromatic carbocycles. The molecule has 0 radical (unpaired) electrons. The molecule has 4 heterocycles. The van der Waals surface area contributed by atoms with Crippen LogP contribution in [-0.4, -0.2) is 80.5 Å². The highest BCUT2D eigenvalue weighted by Gasteiger charge is 2.68. The van der Waals surface area contributed by atoms with Crippen LogP contribution in [0.3, 0.4) is 0 Å². The Kier molecular flexibility index (Phi) is 6.11. The zero-order chi connectivity index (χ0) is 24.4. The third-order valence-electron chi connectivity index (χ3n) is 6.41. The molecule has 6 rings (SSSR count). The molecule has 4 aliphatic heterocycles. The monoisotopic (exact) mass is 548 g/mol. The summed E-state index contributed by atoms with van der Waals surface area (Å²) in [6, 6.07) is 2.11. The van der Waals surface area contributed by atoms with E-state index in [9.17, 15) is 24.9 Å². The highest BCUT2D eigenvalue weighted by molar-refractivity contribution is 9.09. The average Bonchev–Trinajstić information content (AvgIpc) is 2.80. The van der Waals surface area contributed by atoms with Crippen LogP contribution in [0.1, 0.15) is 17.2 Å². The van der Waals surface area contributed by atoms with Gasteiger partial charge < -0.3 is 30.1 Å². The van der Waals surface area contributed by atoms with Gasteiger partial charge in [-0.25, -0.2) is 0 Å². The van der Waals surface area contributed by atoms with E-state index in [2.05, 4.69) is 5.32 Å². The van der Waals surface area contributed by atoms with Gasteiger partial charge in [0.1, 0.15) is 23.9 Å². The van der Waals surface area contributed by atoms with Crippen molar-refractivity contribution in [1.29, 1.82) is 0 Å². The Morgan fingerprint density at radius 3 is 2.74 bits per heavy atom. The summed E-state index contributed by atoms with van der Waals surface area (Å²) in [7, 11) is 6.37. The molecule has 2 amide bonds. The van der Waals surface area contributed by atoms with Crippen molar-refractivity contribution in [3.8, 4) is 17.2 Å². The Labute approximate surface area is 211 Å². The maximum Gasteiger partial charge on any atom is 0.272 e. The second-order valence-corrected chi connectivity index (χ2v) is 13.1. The predicted molar refractivity (Wildman–Crippen MR) is 127 cm³/mol. The molecule has 184 valence electrons.